The van der Waals surface area contributed by atoms with E-state index in [0.717, 1.165) is 5.56 Å². The summed E-state index contributed by atoms with van der Waals surface area (Å²) in [5, 5.41) is 15.6. The van der Waals surface area contributed by atoms with Crippen LogP contribution in [0.3, 0.4) is 0 Å². The van der Waals surface area contributed by atoms with Gasteiger partial charge in [-0.1, -0.05) is 28.9 Å². The van der Waals surface area contributed by atoms with Crippen LogP contribution in [0.1, 0.15) is 11.4 Å². The standard InChI is InChI=1S/C11H10ClN3O3/c12-8-3-1-7(2-4-8)6-13-10(16)5-9-14-11(17)18-15-9/h1-4H,5-6H2,(H,13,16)(H,14,15,17). The third-order valence-electron chi connectivity index (χ3n) is 2.18. The molecular weight excluding hydrogens is 258 g/mol. The number of amides is 1. The first-order chi connectivity index (χ1) is 8.63. The Morgan fingerprint density at radius 1 is 1.39 bits per heavy atom. The minimum atomic E-state index is -0.546. The van der Waals surface area contributed by atoms with E-state index in [0.29, 0.717) is 11.6 Å². The maximum Gasteiger partial charge on any atom is 0.414 e. The second-order valence-electron chi connectivity index (χ2n) is 3.57. The highest BCUT2D eigenvalue weighted by molar-refractivity contribution is 6.30. The lowest BCUT2D eigenvalue weighted by atomic mass is 10.2. The topological polar surface area (TPSA) is 88.2 Å². The number of rotatable bonds is 4. The Bertz CT molecular complexity index is 539. The smallest absolute Gasteiger partial charge is 0.414 e. The summed E-state index contributed by atoms with van der Waals surface area (Å²) < 4.78 is 4.34. The van der Waals surface area contributed by atoms with Crippen LogP contribution in [-0.4, -0.2) is 21.2 Å². The molecule has 7 heteroatoms. The lowest BCUT2D eigenvalue weighted by Gasteiger charge is -2.03. The van der Waals surface area contributed by atoms with Crippen molar-refractivity contribution in [2.24, 2.45) is 0 Å². The Balaban J connectivity index is 1.83. The van der Waals surface area contributed by atoms with Gasteiger partial charge in [-0.05, 0) is 17.7 Å². The highest BCUT2D eigenvalue weighted by atomic mass is 35.5. The second kappa shape index (κ2) is 5.50. The van der Waals surface area contributed by atoms with Gasteiger partial charge < -0.3 is 10.4 Å². The summed E-state index contributed by atoms with van der Waals surface area (Å²) >= 11 is 5.75. The van der Waals surface area contributed by atoms with E-state index >= 15 is 0 Å². The average Bonchev–Trinajstić information content (AvgIpc) is 2.74. The molecule has 0 aliphatic rings. The number of halogens is 1. The Hall–Kier alpha value is -2.08. The highest BCUT2D eigenvalue weighted by Crippen LogP contribution is 2.09. The zero-order valence-electron chi connectivity index (χ0n) is 9.26. The Labute approximate surface area is 108 Å². The number of aromatic nitrogens is 2. The average molecular weight is 268 g/mol. The number of hydrogen-bond acceptors (Lipinski definition) is 5. The zero-order valence-corrected chi connectivity index (χ0v) is 10.0. The molecule has 0 unspecified atom stereocenters. The first-order valence-electron chi connectivity index (χ1n) is 5.16. The van der Waals surface area contributed by atoms with E-state index in [-0.39, 0.29) is 18.2 Å². The van der Waals surface area contributed by atoms with Gasteiger partial charge in [0.2, 0.25) is 5.91 Å². The van der Waals surface area contributed by atoms with E-state index in [2.05, 4.69) is 20.0 Å². The molecule has 2 N–H and O–H groups in total. The van der Waals surface area contributed by atoms with Crippen molar-refractivity contribution in [3.63, 3.8) is 0 Å². The fourth-order valence-electron chi connectivity index (χ4n) is 1.33. The predicted molar refractivity (Wildman–Crippen MR) is 63.0 cm³/mol. The van der Waals surface area contributed by atoms with Crippen LogP contribution < -0.4 is 5.32 Å². The van der Waals surface area contributed by atoms with Crippen LogP contribution in [0.5, 0.6) is 6.08 Å². The minimum Gasteiger partial charge on any atom is -0.464 e. The largest absolute Gasteiger partial charge is 0.464 e. The number of benzene rings is 1. The van der Waals surface area contributed by atoms with Crippen molar-refractivity contribution in [2.45, 2.75) is 13.0 Å². The van der Waals surface area contributed by atoms with Gasteiger partial charge >= 0.3 is 6.08 Å². The summed E-state index contributed by atoms with van der Waals surface area (Å²) in [7, 11) is 0. The Kier molecular flexibility index (Phi) is 3.78. The monoisotopic (exact) mass is 267 g/mol. The highest BCUT2D eigenvalue weighted by Gasteiger charge is 2.09. The summed E-state index contributed by atoms with van der Waals surface area (Å²) in [4.78, 5) is 15.0. The molecule has 0 atom stereocenters. The quantitative estimate of drug-likeness (QED) is 0.871. The molecule has 0 aliphatic carbocycles. The summed E-state index contributed by atoms with van der Waals surface area (Å²) in [5.41, 5.74) is 0.934. The normalized spacial score (nSPS) is 10.3. The van der Waals surface area contributed by atoms with Crippen LogP contribution in [0.2, 0.25) is 5.02 Å². The Morgan fingerprint density at radius 2 is 2.11 bits per heavy atom. The second-order valence-corrected chi connectivity index (χ2v) is 4.01. The van der Waals surface area contributed by atoms with Gasteiger partial charge in [0.25, 0.3) is 0 Å². The molecule has 0 saturated carbocycles. The summed E-state index contributed by atoms with van der Waals surface area (Å²) in [6.45, 7) is 0.389. The van der Waals surface area contributed by atoms with Crippen molar-refractivity contribution >= 4 is 17.5 Å². The molecule has 2 aromatic rings. The van der Waals surface area contributed by atoms with E-state index in [1.807, 2.05) is 12.1 Å². The number of hydrogen-bond donors (Lipinski definition) is 2. The minimum absolute atomic E-state index is 0.0440. The van der Waals surface area contributed by atoms with Crippen LogP contribution in [0.25, 0.3) is 0 Å². The molecule has 2 rings (SSSR count). The number of aromatic hydroxyl groups is 1. The maximum atomic E-state index is 11.5. The van der Waals surface area contributed by atoms with Gasteiger partial charge in [0.1, 0.15) is 0 Å². The van der Waals surface area contributed by atoms with E-state index in [4.69, 9.17) is 16.7 Å². The van der Waals surface area contributed by atoms with Crippen LogP contribution in [-0.2, 0) is 17.8 Å². The van der Waals surface area contributed by atoms with Crippen LogP contribution >= 0.6 is 11.6 Å². The lowest BCUT2D eigenvalue weighted by Crippen LogP contribution is -2.24. The van der Waals surface area contributed by atoms with Crippen molar-refractivity contribution < 1.29 is 14.4 Å². The molecule has 0 spiro atoms. The van der Waals surface area contributed by atoms with E-state index in [9.17, 15) is 4.79 Å². The van der Waals surface area contributed by atoms with Crippen LogP contribution in [0, 0.1) is 0 Å². The molecule has 1 amide bonds. The predicted octanol–water partition coefficient (Wildman–Crippen LogP) is 1.29. The van der Waals surface area contributed by atoms with E-state index in [1.54, 1.807) is 12.1 Å². The van der Waals surface area contributed by atoms with Gasteiger partial charge in [-0.2, -0.15) is 4.98 Å². The number of carbonyl (C=O) groups excluding carboxylic acids is 1. The van der Waals surface area contributed by atoms with Crippen molar-refractivity contribution in [1.29, 1.82) is 0 Å². The van der Waals surface area contributed by atoms with Crippen molar-refractivity contribution in [3.05, 3.63) is 40.7 Å². The molecule has 0 bridgehead atoms. The zero-order chi connectivity index (χ0) is 13.0. The number of carbonyl (C=O) groups is 1. The summed E-state index contributed by atoms with van der Waals surface area (Å²) in [6, 6.07) is 7.14. The third-order valence-corrected chi connectivity index (χ3v) is 2.43. The molecule has 0 fully saturated rings. The van der Waals surface area contributed by atoms with Gasteiger partial charge in [0.15, 0.2) is 5.82 Å². The van der Waals surface area contributed by atoms with Crippen LogP contribution in [0.4, 0.5) is 0 Å². The van der Waals surface area contributed by atoms with Crippen molar-refractivity contribution in [3.8, 4) is 6.08 Å². The molecule has 1 aromatic heterocycles. The molecule has 0 saturated heterocycles. The molecule has 18 heavy (non-hydrogen) atoms. The Morgan fingerprint density at radius 3 is 2.72 bits per heavy atom. The van der Waals surface area contributed by atoms with Crippen molar-refractivity contribution in [1.82, 2.24) is 15.5 Å². The van der Waals surface area contributed by atoms with E-state index in [1.165, 1.54) is 0 Å². The number of nitrogens with zero attached hydrogens (tertiary/aromatic N) is 2. The molecule has 0 radical (unpaired) electrons. The van der Waals surface area contributed by atoms with Gasteiger partial charge in [0.05, 0.1) is 6.42 Å². The summed E-state index contributed by atoms with van der Waals surface area (Å²) in [5.74, 6) is -0.119. The van der Waals surface area contributed by atoms with Gasteiger partial charge in [-0.15, -0.1) is 0 Å². The molecule has 6 nitrogen and oxygen atoms in total. The van der Waals surface area contributed by atoms with Crippen molar-refractivity contribution in [2.75, 3.05) is 0 Å². The van der Waals surface area contributed by atoms with Gasteiger partial charge in [-0.3, -0.25) is 9.32 Å². The fourth-order valence-corrected chi connectivity index (χ4v) is 1.45. The maximum absolute atomic E-state index is 11.5. The third kappa shape index (κ3) is 3.46. The van der Waals surface area contributed by atoms with Gasteiger partial charge in [-0.25, -0.2) is 0 Å². The molecule has 1 heterocycles. The summed E-state index contributed by atoms with van der Waals surface area (Å²) in [6.07, 6.45) is -0.590. The lowest BCUT2D eigenvalue weighted by molar-refractivity contribution is -0.120. The van der Waals surface area contributed by atoms with Gasteiger partial charge in [0, 0.05) is 11.6 Å². The molecule has 0 aliphatic heterocycles. The van der Waals surface area contributed by atoms with E-state index < -0.39 is 6.08 Å². The SMILES string of the molecule is O=C(Cc1noc(O)n1)NCc1ccc(Cl)cc1. The molecular formula is C11H10ClN3O3. The molecule has 1 aromatic carbocycles. The molecule has 94 valence electrons. The van der Waals surface area contributed by atoms with Crippen LogP contribution in [0.15, 0.2) is 28.8 Å². The number of nitrogens with one attached hydrogen (secondary N) is 1. The fraction of sp³-hybridized carbons (Fsp3) is 0.182. The first kappa shape index (κ1) is 12.4. The first-order valence-corrected chi connectivity index (χ1v) is 5.54.